The third kappa shape index (κ3) is 3.53. The highest BCUT2D eigenvalue weighted by Gasteiger charge is 1.80. The van der Waals surface area contributed by atoms with Crippen LogP contribution in [0, 0.1) is 0 Å². The molecule has 0 atom stereocenters. The number of quaternary nitrogens is 1. The molecule has 0 fully saturated rings. The summed E-state index contributed by atoms with van der Waals surface area (Å²) >= 11 is 0. The summed E-state index contributed by atoms with van der Waals surface area (Å²) in [6.07, 6.45) is 2.50. The molecule has 3 heteroatoms. The lowest BCUT2D eigenvalue weighted by molar-refractivity contribution is -0.297. The Balaban J connectivity index is 0.00000121. The third-order valence-electron chi connectivity index (χ3n) is 1.21. The van der Waals surface area contributed by atoms with E-state index >= 15 is 0 Å². The molecule has 0 radical (unpaired) electrons. The lowest BCUT2D eigenvalue weighted by atomic mass is 10.2. The van der Waals surface area contributed by atoms with Gasteiger partial charge in [-0.2, -0.15) is 0 Å². The zero-order valence-electron chi connectivity index (χ0n) is 6.86. The molecule has 0 aliphatic rings. The van der Waals surface area contributed by atoms with E-state index in [4.69, 9.17) is 0 Å². The van der Waals surface area contributed by atoms with Gasteiger partial charge in [-0.3, -0.25) is 0 Å². The van der Waals surface area contributed by atoms with Gasteiger partial charge in [-0.1, -0.05) is 36.4 Å². The second-order valence-electron chi connectivity index (χ2n) is 2.06. The standard InChI is InChI=1S/C9H8O2.H3N/c10-9(11)7-6-8-4-2-1-3-5-8;/h1-7H,(H,10,11);1H3. The molecule has 0 aliphatic heterocycles. The van der Waals surface area contributed by atoms with Crippen LogP contribution in [0.5, 0.6) is 0 Å². The molecule has 1 aromatic carbocycles. The minimum Gasteiger partial charge on any atom is -0.545 e. The number of carboxylic acid groups (broad SMARTS) is 1. The number of carbonyl (C=O) groups excluding carboxylic acids is 1. The van der Waals surface area contributed by atoms with Gasteiger partial charge in [0, 0.05) is 0 Å². The zero-order valence-corrected chi connectivity index (χ0v) is 6.86. The lowest BCUT2D eigenvalue weighted by Crippen LogP contribution is -2.18. The summed E-state index contributed by atoms with van der Waals surface area (Å²) in [6.45, 7) is 0. The van der Waals surface area contributed by atoms with Crippen LogP contribution in [-0.2, 0) is 4.79 Å². The van der Waals surface area contributed by atoms with Crippen molar-refractivity contribution in [2.24, 2.45) is 0 Å². The van der Waals surface area contributed by atoms with Crippen molar-refractivity contribution in [3.05, 3.63) is 42.0 Å². The van der Waals surface area contributed by atoms with Crippen LogP contribution in [0.4, 0.5) is 0 Å². The highest BCUT2D eigenvalue weighted by molar-refractivity contribution is 5.83. The molecule has 3 nitrogen and oxygen atoms in total. The Kier molecular flexibility index (Phi) is 4.41. The first-order valence-corrected chi connectivity index (χ1v) is 3.23. The predicted molar refractivity (Wildman–Crippen MR) is 46.5 cm³/mol. The van der Waals surface area contributed by atoms with Crippen molar-refractivity contribution < 1.29 is 9.90 Å². The molecular formula is C9H11NO2. The molecule has 0 bridgehead atoms. The Bertz CT molecular complexity index is 267. The van der Waals surface area contributed by atoms with Crippen LogP contribution in [0.2, 0.25) is 0 Å². The van der Waals surface area contributed by atoms with Crippen LogP contribution in [0.25, 0.3) is 6.08 Å². The molecule has 0 aromatic heterocycles. The molecule has 4 N–H and O–H groups in total. The first-order valence-electron chi connectivity index (χ1n) is 3.23. The monoisotopic (exact) mass is 165 g/mol. The van der Waals surface area contributed by atoms with Crippen molar-refractivity contribution in [3.8, 4) is 0 Å². The van der Waals surface area contributed by atoms with Crippen molar-refractivity contribution in [2.45, 2.75) is 0 Å². The number of hydrogen-bond acceptors (Lipinski definition) is 2. The molecule has 1 rings (SSSR count). The summed E-state index contributed by atoms with van der Waals surface area (Å²) in [7, 11) is 0. The quantitative estimate of drug-likeness (QED) is 0.659. The van der Waals surface area contributed by atoms with E-state index in [2.05, 4.69) is 0 Å². The van der Waals surface area contributed by atoms with Gasteiger partial charge < -0.3 is 16.1 Å². The van der Waals surface area contributed by atoms with E-state index in [-0.39, 0.29) is 6.15 Å². The van der Waals surface area contributed by atoms with E-state index in [1.807, 2.05) is 30.3 Å². The van der Waals surface area contributed by atoms with Gasteiger partial charge in [0.25, 0.3) is 0 Å². The molecule has 0 unspecified atom stereocenters. The van der Waals surface area contributed by atoms with Crippen molar-refractivity contribution in [3.63, 3.8) is 0 Å². The van der Waals surface area contributed by atoms with E-state index in [9.17, 15) is 9.90 Å². The van der Waals surface area contributed by atoms with Gasteiger partial charge in [-0.25, -0.2) is 0 Å². The van der Waals surface area contributed by atoms with Crippen LogP contribution in [-0.4, -0.2) is 5.97 Å². The molecule has 0 saturated carbocycles. The maximum atomic E-state index is 9.97. The number of aliphatic carboxylic acids is 1. The summed E-state index contributed by atoms with van der Waals surface area (Å²) in [5, 5.41) is 9.97. The number of hydrogen-bond donors (Lipinski definition) is 1. The predicted octanol–water partition coefficient (Wildman–Crippen LogP) is 0.826. The van der Waals surface area contributed by atoms with Gasteiger partial charge in [0.05, 0.1) is 5.97 Å². The smallest absolute Gasteiger partial charge is 0.0643 e. The maximum absolute atomic E-state index is 9.97. The fourth-order valence-electron chi connectivity index (χ4n) is 0.728. The fourth-order valence-corrected chi connectivity index (χ4v) is 0.728. The summed E-state index contributed by atoms with van der Waals surface area (Å²) < 4.78 is 0. The Labute approximate surface area is 70.9 Å². The largest absolute Gasteiger partial charge is 0.545 e. The van der Waals surface area contributed by atoms with Crippen molar-refractivity contribution in [1.82, 2.24) is 6.15 Å². The zero-order chi connectivity index (χ0) is 8.10. The highest BCUT2D eigenvalue weighted by atomic mass is 16.4. The minimum absolute atomic E-state index is 0. The molecule has 64 valence electrons. The Morgan fingerprint density at radius 1 is 1.25 bits per heavy atom. The number of carboxylic acids is 1. The number of carbonyl (C=O) groups is 1. The second-order valence-corrected chi connectivity index (χ2v) is 2.06. The molecule has 12 heavy (non-hydrogen) atoms. The summed E-state index contributed by atoms with van der Waals surface area (Å²) in [6, 6.07) is 9.19. The summed E-state index contributed by atoms with van der Waals surface area (Å²) in [5.41, 5.74) is 0.858. The summed E-state index contributed by atoms with van der Waals surface area (Å²) in [5.74, 6) is -1.17. The molecule has 0 heterocycles. The fraction of sp³-hybridized carbons (Fsp3) is 0. The molecule has 0 aliphatic carbocycles. The van der Waals surface area contributed by atoms with E-state index < -0.39 is 5.97 Å². The average molecular weight is 165 g/mol. The molecular weight excluding hydrogens is 154 g/mol. The minimum atomic E-state index is -1.17. The first-order chi connectivity index (χ1) is 5.29. The number of benzene rings is 1. The van der Waals surface area contributed by atoms with Crippen molar-refractivity contribution in [1.29, 1.82) is 0 Å². The van der Waals surface area contributed by atoms with Gasteiger partial charge in [-0.15, -0.1) is 0 Å². The van der Waals surface area contributed by atoms with E-state index in [1.165, 1.54) is 6.08 Å². The Hall–Kier alpha value is -1.61. The lowest BCUT2D eigenvalue weighted by Gasteiger charge is -1.91. The Morgan fingerprint density at radius 3 is 2.33 bits per heavy atom. The first kappa shape index (κ1) is 10.4. The SMILES string of the molecule is O=C([O-])C=Cc1ccccc1.[NH4+]. The molecule has 0 amide bonds. The van der Waals surface area contributed by atoms with Crippen molar-refractivity contribution >= 4 is 12.0 Å². The summed E-state index contributed by atoms with van der Waals surface area (Å²) in [4.78, 5) is 9.97. The molecule has 1 aromatic rings. The van der Waals surface area contributed by atoms with Crippen LogP contribution in [0.3, 0.4) is 0 Å². The van der Waals surface area contributed by atoms with Crippen LogP contribution in [0.15, 0.2) is 36.4 Å². The van der Waals surface area contributed by atoms with E-state index in [0.29, 0.717) is 0 Å². The van der Waals surface area contributed by atoms with E-state index in [1.54, 1.807) is 0 Å². The Morgan fingerprint density at radius 2 is 1.83 bits per heavy atom. The normalized spacial score (nSPS) is 9.33. The average Bonchev–Trinajstić information content (AvgIpc) is 2.03. The van der Waals surface area contributed by atoms with Crippen LogP contribution in [0.1, 0.15) is 5.56 Å². The molecule has 0 saturated heterocycles. The topological polar surface area (TPSA) is 76.6 Å². The van der Waals surface area contributed by atoms with Gasteiger partial charge in [0.2, 0.25) is 0 Å². The van der Waals surface area contributed by atoms with Crippen LogP contribution >= 0.6 is 0 Å². The number of rotatable bonds is 2. The van der Waals surface area contributed by atoms with Gasteiger partial charge >= 0.3 is 0 Å². The van der Waals surface area contributed by atoms with Gasteiger partial charge in [0.15, 0.2) is 0 Å². The van der Waals surface area contributed by atoms with Crippen molar-refractivity contribution in [2.75, 3.05) is 0 Å². The maximum Gasteiger partial charge on any atom is 0.0643 e. The van der Waals surface area contributed by atoms with E-state index in [0.717, 1.165) is 11.6 Å². The van der Waals surface area contributed by atoms with Gasteiger partial charge in [-0.05, 0) is 11.6 Å². The van der Waals surface area contributed by atoms with Gasteiger partial charge in [0.1, 0.15) is 0 Å². The van der Waals surface area contributed by atoms with Crippen LogP contribution < -0.4 is 11.3 Å². The third-order valence-corrected chi connectivity index (χ3v) is 1.21. The molecule has 0 spiro atoms. The highest BCUT2D eigenvalue weighted by Crippen LogP contribution is 1.99. The second kappa shape index (κ2) is 5.09.